The molecule has 0 aliphatic carbocycles. The predicted octanol–water partition coefficient (Wildman–Crippen LogP) is 3.22. The molecule has 1 aromatic carbocycles. The van der Waals surface area contributed by atoms with Crippen LogP contribution in [0.4, 0.5) is 0 Å². The summed E-state index contributed by atoms with van der Waals surface area (Å²) in [5.74, 6) is 0.460. The molecule has 0 heterocycles. The number of hydrogen-bond acceptors (Lipinski definition) is 3. The maximum absolute atomic E-state index is 11.9. The third-order valence-corrected chi connectivity index (χ3v) is 2.53. The highest BCUT2D eigenvalue weighted by Crippen LogP contribution is 2.22. The van der Waals surface area contributed by atoms with Crippen LogP contribution in [0.15, 0.2) is 24.3 Å². The lowest BCUT2D eigenvalue weighted by atomic mass is 10.00. The average Bonchev–Trinajstić information content (AvgIpc) is 2.27. The molecule has 0 N–H and O–H groups in total. The maximum atomic E-state index is 11.9. The molecule has 18 heavy (non-hydrogen) atoms. The van der Waals surface area contributed by atoms with Crippen LogP contribution in [0, 0.1) is 5.92 Å². The SMILES string of the molecule is COc1ccccc1CC(C)C(=O)OC(C)(C)C. The number of hydrogen-bond donors (Lipinski definition) is 0. The van der Waals surface area contributed by atoms with E-state index in [0.29, 0.717) is 6.42 Å². The molecule has 0 amide bonds. The topological polar surface area (TPSA) is 35.5 Å². The molecule has 0 saturated heterocycles. The Bertz CT molecular complexity index is 404. The summed E-state index contributed by atoms with van der Waals surface area (Å²) >= 11 is 0. The number of esters is 1. The van der Waals surface area contributed by atoms with Gasteiger partial charge in [-0.25, -0.2) is 0 Å². The first-order chi connectivity index (χ1) is 8.33. The minimum atomic E-state index is -0.438. The molecule has 100 valence electrons. The predicted molar refractivity (Wildman–Crippen MR) is 71.7 cm³/mol. The molecule has 3 nitrogen and oxygen atoms in total. The highest BCUT2D eigenvalue weighted by atomic mass is 16.6. The molecule has 3 heteroatoms. The van der Waals surface area contributed by atoms with Crippen LogP contribution in [0.25, 0.3) is 0 Å². The molecule has 0 spiro atoms. The number of rotatable bonds is 4. The Morgan fingerprint density at radius 2 is 1.89 bits per heavy atom. The van der Waals surface area contributed by atoms with Gasteiger partial charge in [0.05, 0.1) is 13.0 Å². The minimum absolute atomic E-state index is 0.173. The first-order valence-corrected chi connectivity index (χ1v) is 6.18. The molecule has 0 saturated carbocycles. The van der Waals surface area contributed by atoms with Gasteiger partial charge in [-0.3, -0.25) is 4.79 Å². The van der Waals surface area contributed by atoms with E-state index in [1.807, 2.05) is 52.0 Å². The molecular formula is C15H22O3. The standard InChI is InChI=1S/C15H22O3/c1-11(14(16)18-15(2,3)4)10-12-8-6-7-9-13(12)17-5/h6-9,11H,10H2,1-5H3. The molecule has 1 rings (SSSR count). The van der Waals surface area contributed by atoms with Crippen LogP contribution in [0.3, 0.4) is 0 Å². The summed E-state index contributed by atoms with van der Waals surface area (Å²) in [6.45, 7) is 7.50. The van der Waals surface area contributed by atoms with Crippen molar-refractivity contribution in [1.82, 2.24) is 0 Å². The lowest BCUT2D eigenvalue weighted by molar-refractivity contribution is -0.159. The number of carbonyl (C=O) groups is 1. The quantitative estimate of drug-likeness (QED) is 0.770. The van der Waals surface area contributed by atoms with Crippen LogP contribution in [0.5, 0.6) is 5.75 Å². The lowest BCUT2D eigenvalue weighted by Crippen LogP contribution is -2.28. The Morgan fingerprint density at radius 3 is 2.44 bits per heavy atom. The summed E-state index contributed by atoms with van der Waals surface area (Å²) in [6, 6.07) is 7.73. The summed E-state index contributed by atoms with van der Waals surface area (Å²) in [5, 5.41) is 0. The zero-order chi connectivity index (χ0) is 13.8. The Hall–Kier alpha value is -1.51. The number of para-hydroxylation sites is 1. The molecule has 0 bridgehead atoms. The van der Waals surface area contributed by atoms with Crippen molar-refractivity contribution < 1.29 is 14.3 Å². The average molecular weight is 250 g/mol. The zero-order valence-corrected chi connectivity index (χ0v) is 11.8. The zero-order valence-electron chi connectivity index (χ0n) is 11.8. The van der Waals surface area contributed by atoms with Gasteiger partial charge in [0, 0.05) is 0 Å². The Balaban J connectivity index is 2.69. The van der Waals surface area contributed by atoms with E-state index in [2.05, 4.69) is 0 Å². The Kier molecular flexibility index (Phi) is 4.76. The normalized spacial score (nSPS) is 12.9. The first kappa shape index (κ1) is 14.6. The van der Waals surface area contributed by atoms with Crippen molar-refractivity contribution in [3.8, 4) is 5.75 Å². The number of carbonyl (C=O) groups excluding carboxylic acids is 1. The summed E-state index contributed by atoms with van der Waals surface area (Å²) in [4.78, 5) is 11.9. The van der Waals surface area contributed by atoms with E-state index < -0.39 is 5.60 Å². The van der Waals surface area contributed by atoms with Gasteiger partial charge in [0.1, 0.15) is 11.4 Å². The molecular weight excluding hydrogens is 228 g/mol. The third kappa shape index (κ3) is 4.40. The van der Waals surface area contributed by atoms with Crippen molar-refractivity contribution in [1.29, 1.82) is 0 Å². The van der Waals surface area contributed by atoms with Gasteiger partial charge in [-0.15, -0.1) is 0 Å². The molecule has 0 aliphatic heterocycles. The van der Waals surface area contributed by atoms with Gasteiger partial charge in [-0.2, -0.15) is 0 Å². The summed E-state index contributed by atoms with van der Waals surface area (Å²) in [7, 11) is 1.64. The van der Waals surface area contributed by atoms with Gasteiger partial charge in [-0.1, -0.05) is 25.1 Å². The van der Waals surface area contributed by atoms with E-state index in [1.54, 1.807) is 7.11 Å². The van der Waals surface area contributed by atoms with Gasteiger partial charge >= 0.3 is 5.97 Å². The summed E-state index contributed by atoms with van der Waals surface area (Å²) in [5.41, 5.74) is 0.588. The number of benzene rings is 1. The molecule has 1 aromatic rings. The highest BCUT2D eigenvalue weighted by Gasteiger charge is 2.22. The van der Waals surface area contributed by atoms with E-state index in [1.165, 1.54) is 0 Å². The van der Waals surface area contributed by atoms with Crippen LogP contribution in [0.1, 0.15) is 33.3 Å². The van der Waals surface area contributed by atoms with Crippen molar-refractivity contribution in [2.24, 2.45) is 5.92 Å². The van der Waals surface area contributed by atoms with E-state index >= 15 is 0 Å². The van der Waals surface area contributed by atoms with Gasteiger partial charge in [0.2, 0.25) is 0 Å². The van der Waals surface area contributed by atoms with E-state index in [-0.39, 0.29) is 11.9 Å². The third-order valence-electron chi connectivity index (χ3n) is 2.53. The molecule has 0 fully saturated rings. The second-order valence-corrected chi connectivity index (χ2v) is 5.45. The van der Waals surface area contributed by atoms with Crippen LogP contribution in [-0.4, -0.2) is 18.7 Å². The molecule has 0 aromatic heterocycles. The van der Waals surface area contributed by atoms with Crippen molar-refractivity contribution in [3.63, 3.8) is 0 Å². The van der Waals surface area contributed by atoms with Crippen molar-refractivity contribution in [2.75, 3.05) is 7.11 Å². The van der Waals surface area contributed by atoms with E-state index in [0.717, 1.165) is 11.3 Å². The second-order valence-electron chi connectivity index (χ2n) is 5.45. The Labute approximate surface area is 109 Å². The van der Waals surface area contributed by atoms with Crippen molar-refractivity contribution >= 4 is 5.97 Å². The first-order valence-electron chi connectivity index (χ1n) is 6.18. The summed E-state index contributed by atoms with van der Waals surface area (Å²) < 4.78 is 10.6. The molecule has 1 atom stereocenters. The molecule has 1 unspecified atom stereocenters. The van der Waals surface area contributed by atoms with Gasteiger partial charge in [-0.05, 0) is 38.8 Å². The lowest BCUT2D eigenvalue weighted by Gasteiger charge is -2.22. The minimum Gasteiger partial charge on any atom is -0.496 e. The smallest absolute Gasteiger partial charge is 0.309 e. The van der Waals surface area contributed by atoms with Gasteiger partial charge in [0.25, 0.3) is 0 Å². The number of ether oxygens (including phenoxy) is 2. The van der Waals surface area contributed by atoms with Crippen LogP contribution < -0.4 is 4.74 Å². The maximum Gasteiger partial charge on any atom is 0.309 e. The largest absolute Gasteiger partial charge is 0.496 e. The second kappa shape index (κ2) is 5.89. The molecule has 0 radical (unpaired) electrons. The van der Waals surface area contributed by atoms with Gasteiger partial charge < -0.3 is 9.47 Å². The van der Waals surface area contributed by atoms with Crippen LogP contribution in [0.2, 0.25) is 0 Å². The van der Waals surface area contributed by atoms with E-state index in [4.69, 9.17) is 9.47 Å². The number of methoxy groups -OCH3 is 1. The van der Waals surface area contributed by atoms with Crippen molar-refractivity contribution in [3.05, 3.63) is 29.8 Å². The summed E-state index contributed by atoms with van der Waals surface area (Å²) in [6.07, 6.45) is 0.624. The van der Waals surface area contributed by atoms with Gasteiger partial charge in [0.15, 0.2) is 0 Å². The molecule has 0 aliphatic rings. The van der Waals surface area contributed by atoms with Crippen LogP contribution in [-0.2, 0) is 16.0 Å². The van der Waals surface area contributed by atoms with E-state index in [9.17, 15) is 4.79 Å². The monoisotopic (exact) mass is 250 g/mol. The Morgan fingerprint density at radius 1 is 1.28 bits per heavy atom. The fourth-order valence-electron chi connectivity index (χ4n) is 1.69. The highest BCUT2D eigenvalue weighted by molar-refractivity contribution is 5.73. The fraction of sp³-hybridized carbons (Fsp3) is 0.533. The van der Waals surface area contributed by atoms with Crippen molar-refractivity contribution in [2.45, 2.75) is 39.7 Å². The van der Waals surface area contributed by atoms with Crippen LogP contribution >= 0.6 is 0 Å². The fourth-order valence-corrected chi connectivity index (χ4v) is 1.69.